The smallest absolute Gasteiger partial charge is 0.318 e. The van der Waals surface area contributed by atoms with Crippen molar-refractivity contribution in [3.63, 3.8) is 0 Å². The molecular weight excluding hydrogens is 530 g/mol. The Balaban J connectivity index is 1.27. The van der Waals surface area contributed by atoms with Crippen LogP contribution < -0.4 is 14.5 Å². The second-order valence-corrected chi connectivity index (χ2v) is 11.7. The topological polar surface area (TPSA) is 98.1 Å². The Hall–Kier alpha value is -3.68. The molecule has 222 valence electrons. The summed E-state index contributed by atoms with van der Waals surface area (Å²) in [4.78, 5) is 31.5. The van der Waals surface area contributed by atoms with Crippen LogP contribution in [0.2, 0.25) is 0 Å². The zero-order valence-corrected chi connectivity index (χ0v) is 24.6. The lowest BCUT2D eigenvalue weighted by Gasteiger charge is -2.42. The predicted molar refractivity (Wildman–Crippen MR) is 161 cm³/mol. The number of hydrogen-bond acceptors (Lipinski definition) is 9. The van der Waals surface area contributed by atoms with Gasteiger partial charge in [-0.3, -0.25) is 9.69 Å². The van der Waals surface area contributed by atoms with Crippen molar-refractivity contribution in [2.45, 2.75) is 57.2 Å². The zero-order chi connectivity index (χ0) is 29.1. The predicted octanol–water partition coefficient (Wildman–Crippen LogP) is 2.61. The molecule has 0 spiro atoms. The Morgan fingerprint density at radius 2 is 2.02 bits per heavy atom. The average Bonchev–Trinajstić information content (AvgIpc) is 3.36. The zero-order valence-electron chi connectivity index (χ0n) is 24.6. The molecule has 0 N–H and O–H groups in total. The monoisotopic (exact) mass is 571 g/mol. The van der Waals surface area contributed by atoms with E-state index in [1.807, 2.05) is 0 Å². The number of anilines is 2. The molecule has 1 aromatic heterocycles. The minimum atomic E-state index is -0.219. The van der Waals surface area contributed by atoms with E-state index in [-0.39, 0.29) is 18.4 Å². The highest BCUT2D eigenvalue weighted by Gasteiger charge is 2.37. The third-order valence-corrected chi connectivity index (χ3v) is 9.17. The number of piperazine rings is 1. The van der Waals surface area contributed by atoms with E-state index in [2.05, 4.69) is 58.5 Å². The summed E-state index contributed by atoms with van der Waals surface area (Å²) in [5.41, 5.74) is 4.99. The van der Waals surface area contributed by atoms with E-state index in [0.29, 0.717) is 44.3 Å². The quantitative estimate of drug-likeness (QED) is 0.443. The third kappa shape index (κ3) is 5.81. The van der Waals surface area contributed by atoms with E-state index >= 15 is 0 Å². The highest BCUT2D eigenvalue weighted by molar-refractivity contribution is 5.87. The van der Waals surface area contributed by atoms with Crippen molar-refractivity contribution in [3.05, 3.63) is 53.7 Å². The molecule has 1 amide bonds. The molecule has 3 aliphatic heterocycles. The molecule has 2 aromatic rings. The van der Waals surface area contributed by atoms with E-state index in [1.54, 1.807) is 4.90 Å². The third-order valence-electron chi connectivity index (χ3n) is 9.17. The van der Waals surface area contributed by atoms with Gasteiger partial charge in [0.05, 0.1) is 37.4 Å². The van der Waals surface area contributed by atoms with Crippen LogP contribution in [0.1, 0.15) is 36.6 Å². The molecule has 1 unspecified atom stereocenters. The van der Waals surface area contributed by atoms with Crippen molar-refractivity contribution in [3.8, 4) is 12.1 Å². The van der Waals surface area contributed by atoms with Crippen LogP contribution >= 0.6 is 0 Å². The lowest BCUT2D eigenvalue weighted by atomic mass is 9.90. The van der Waals surface area contributed by atoms with Crippen molar-refractivity contribution < 1.29 is 14.3 Å². The van der Waals surface area contributed by atoms with Crippen molar-refractivity contribution in [2.24, 2.45) is 0 Å². The van der Waals surface area contributed by atoms with Gasteiger partial charge in [-0.25, -0.2) is 0 Å². The fourth-order valence-corrected chi connectivity index (χ4v) is 7.09. The lowest BCUT2D eigenvalue weighted by molar-refractivity contribution is -0.128. The Bertz CT molecular complexity index is 1340. The molecule has 42 heavy (non-hydrogen) atoms. The number of amides is 1. The fraction of sp³-hybridized carbons (Fsp3) is 0.562. The maximum atomic E-state index is 12.5. The normalized spacial score (nSPS) is 24.1. The number of hydrogen-bond donors (Lipinski definition) is 0. The van der Waals surface area contributed by atoms with Crippen LogP contribution in [0, 0.1) is 11.3 Å². The molecule has 2 fully saturated rings. The fourth-order valence-electron chi connectivity index (χ4n) is 7.09. The number of para-hydroxylation sites is 1. The molecule has 10 nitrogen and oxygen atoms in total. The van der Waals surface area contributed by atoms with Crippen molar-refractivity contribution in [1.82, 2.24) is 19.8 Å². The number of fused-ring (bicyclic) bond motifs is 2. The first kappa shape index (κ1) is 28.4. The van der Waals surface area contributed by atoms with Gasteiger partial charge in [0.25, 0.3) is 0 Å². The molecule has 4 heterocycles. The summed E-state index contributed by atoms with van der Waals surface area (Å²) in [6, 6.07) is 12.0. The summed E-state index contributed by atoms with van der Waals surface area (Å²) in [5, 5.41) is 9.52. The van der Waals surface area contributed by atoms with E-state index in [9.17, 15) is 10.1 Å². The maximum absolute atomic E-state index is 12.5. The maximum Gasteiger partial charge on any atom is 0.318 e. The molecule has 6 rings (SSSR count). The first-order chi connectivity index (χ1) is 20.6. The van der Waals surface area contributed by atoms with Gasteiger partial charge in [0.1, 0.15) is 12.4 Å². The van der Waals surface area contributed by atoms with Crippen molar-refractivity contribution >= 4 is 17.4 Å². The van der Waals surface area contributed by atoms with Crippen LogP contribution in [0.25, 0.3) is 0 Å². The van der Waals surface area contributed by atoms with Crippen molar-refractivity contribution in [1.29, 1.82) is 5.26 Å². The summed E-state index contributed by atoms with van der Waals surface area (Å²) < 4.78 is 11.7. The molecule has 1 aliphatic carbocycles. The van der Waals surface area contributed by atoms with E-state index < -0.39 is 0 Å². The Morgan fingerprint density at radius 3 is 2.83 bits per heavy atom. The highest BCUT2D eigenvalue weighted by Crippen LogP contribution is 2.39. The number of benzene rings is 1. The van der Waals surface area contributed by atoms with Gasteiger partial charge in [-0.1, -0.05) is 24.8 Å². The molecule has 3 atom stereocenters. The van der Waals surface area contributed by atoms with Crippen LogP contribution in [0.5, 0.6) is 6.01 Å². The van der Waals surface area contributed by atoms with Crippen LogP contribution in [0.3, 0.4) is 0 Å². The molecule has 0 saturated carbocycles. The lowest BCUT2D eigenvalue weighted by Crippen LogP contribution is -2.55. The van der Waals surface area contributed by atoms with Gasteiger partial charge in [-0.15, -0.1) is 0 Å². The summed E-state index contributed by atoms with van der Waals surface area (Å²) in [7, 11) is 0. The number of carbonyl (C=O) groups is 1. The molecule has 0 bridgehead atoms. The second-order valence-electron chi connectivity index (χ2n) is 11.7. The van der Waals surface area contributed by atoms with Crippen LogP contribution in [0.4, 0.5) is 11.5 Å². The first-order valence-electron chi connectivity index (χ1n) is 15.3. The van der Waals surface area contributed by atoms with Gasteiger partial charge >= 0.3 is 6.01 Å². The standard InChI is InChI=1S/C32H41N7O3/c1-3-30(40)38-13-12-37(22-26(38)10-11-33)31-27-9-8-25(39-23(2)20-24-6-4-5-7-29(24)39)21-28(27)34-32(35-31)42-19-16-36-14-17-41-18-15-36/h3-7,23,25-26H,1,8-10,12-22H2,2H3/t23?,25-,26+/m1/s1. The second kappa shape index (κ2) is 12.7. The van der Waals surface area contributed by atoms with E-state index in [1.165, 1.54) is 22.9 Å². The summed E-state index contributed by atoms with van der Waals surface area (Å²) in [5.74, 6) is 0.762. The van der Waals surface area contributed by atoms with Gasteiger partial charge in [0, 0.05) is 69.0 Å². The molecular formula is C32H41N7O3. The van der Waals surface area contributed by atoms with Gasteiger partial charge in [0.15, 0.2) is 0 Å². The average molecular weight is 572 g/mol. The van der Waals surface area contributed by atoms with Crippen LogP contribution in [-0.2, 0) is 28.8 Å². The summed E-state index contributed by atoms with van der Waals surface area (Å²) >= 11 is 0. The molecule has 4 aliphatic rings. The number of carbonyl (C=O) groups excluding carboxylic acids is 1. The minimum Gasteiger partial charge on any atom is -0.462 e. The Kier molecular flexibility index (Phi) is 8.58. The number of nitrogens with zero attached hydrogens (tertiary/aromatic N) is 7. The van der Waals surface area contributed by atoms with Gasteiger partial charge in [0.2, 0.25) is 5.91 Å². The number of nitriles is 1. The van der Waals surface area contributed by atoms with Crippen LogP contribution in [0.15, 0.2) is 36.9 Å². The summed E-state index contributed by atoms with van der Waals surface area (Å²) in [6.07, 6.45) is 5.41. The SMILES string of the molecule is C=CC(=O)N1CCN(c2nc(OCCN3CCOCC3)nc3c2CC[C@@H](N2c4ccccc4CC2C)C3)C[C@@H]1CC#N. The molecule has 10 heteroatoms. The van der Waals surface area contributed by atoms with Gasteiger partial charge in [-0.05, 0) is 43.9 Å². The number of rotatable bonds is 8. The molecule has 0 radical (unpaired) electrons. The molecule has 2 saturated heterocycles. The molecule has 1 aromatic carbocycles. The van der Waals surface area contributed by atoms with E-state index in [0.717, 1.165) is 70.0 Å². The van der Waals surface area contributed by atoms with Gasteiger partial charge in [-0.2, -0.15) is 15.2 Å². The summed E-state index contributed by atoms with van der Waals surface area (Å²) in [6.45, 7) is 12.3. The first-order valence-corrected chi connectivity index (χ1v) is 15.3. The largest absolute Gasteiger partial charge is 0.462 e. The minimum absolute atomic E-state index is 0.130. The Morgan fingerprint density at radius 1 is 1.19 bits per heavy atom. The highest BCUT2D eigenvalue weighted by atomic mass is 16.5. The number of morpholine rings is 1. The number of aromatic nitrogens is 2. The van der Waals surface area contributed by atoms with E-state index in [4.69, 9.17) is 19.4 Å². The van der Waals surface area contributed by atoms with Crippen LogP contribution in [-0.4, -0.2) is 103 Å². The van der Waals surface area contributed by atoms with Crippen molar-refractivity contribution in [2.75, 3.05) is 68.9 Å². The Labute approximate surface area is 248 Å². The number of ether oxygens (including phenoxy) is 2. The van der Waals surface area contributed by atoms with Gasteiger partial charge < -0.3 is 24.2 Å².